The first kappa shape index (κ1) is 14.4. The summed E-state index contributed by atoms with van der Waals surface area (Å²) in [5.74, 6) is 0.869. The third-order valence-electron chi connectivity index (χ3n) is 2.73. The summed E-state index contributed by atoms with van der Waals surface area (Å²) in [7, 11) is 0. The lowest BCUT2D eigenvalue weighted by Gasteiger charge is -2.03. The maximum absolute atomic E-state index is 11.2. The molecule has 0 fully saturated rings. The average molecular weight is 296 g/mol. The normalized spacial score (nSPS) is 11.1. The van der Waals surface area contributed by atoms with Crippen LogP contribution in [0, 0.1) is 24.0 Å². The SMILES string of the molecule is Cc1cc(-n2nc(C(C)C)c([N+](=O)[O-])c2Cl)nc(C)n1. The van der Waals surface area contributed by atoms with Gasteiger partial charge in [0.1, 0.15) is 11.5 Å². The number of nitro groups is 1. The van der Waals surface area contributed by atoms with Crippen molar-refractivity contribution < 1.29 is 4.92 Å². The highest BCUT2D eigenvalue weighted by Crippen LogP contribution is 2.34. The van der Waals surface area contributed by atoms with E-state index in [1.807, 2.05) is 20.8 Å². The summed E-state index contributed by atoms with van der Waals surface area (Å²) in [6.45, 7) is 7.21. The van der Waals surface area contributed by atoms with Crippen LogP contribution in [-0.4, -0.2) is 24.7 Å². The highest BCUT2D eigenvalue weighted by Gasteiger charge is 2.29. The summed E-state index contributed by atoms with van der Waals surface area (Å²) in [6.07, 6.45) is 0. The van der Waals surface area contributed by atoms with Gasteiger partial charge in [-0.1, -0.05) is 25.4 Å². The first-order valence-electron chi connectivity index (χ1n) is 6.06. The Morgan fingerprint density at radius 3 is 2.45 bits per heavy atom. The second-order valence-corrected chi connectivity index (χ2v) is 5.12. The van der Waals surface area contributed by atoms with Crippen LogP contribution < -0.4 is 0 Å². The van der Waals surface area contributed by atoms with E-state index in [2.05, 4.69) is 15.1 Å². The lowest BCUT2D eigenvalue weighted by atomic mass is 10.1. The highest BCUT2D eigenvalue weighted by molar-refractivity contribution is 6.32. The molecule has 2 aromatic rings. The van der Waals surface area contributed by atoms with Gasteiger partial charge in [0, 0.05) is 17.7 Å². The lowest BCUT2D eigenvalue weighted by Crippen LogP contribution is -2.04. The Hall–Kier alpha value is -2.02. The molecule has 0 saturated carbocycles. The number of aryl methyl sites for hydroxylation is 2. The van der Waals surface area contributed by atoms with Crippen molar-refractivity contribution in [3.63, 3.8) is 0 Å². The van der Waals surface area contributed by atoms with Gasteiger partial charge in [-0.2, -0.15) is 9.78 Å². The molecule has 2 heterocycles. The van der Waals surface area contributed by atoms with Gasteiger partial charge in [0.2, 0.25) is 5.15 Å². The molecule has 2 rings (SSSR count). The third kappa shape index (κ3) is 2.49. The summed E-state index contributed by atoms with van der Waals surface area (Å²) >= 11 is 6.11. The number of halogens is 1. The van der Waals surface area contributed by atoms with Crippen molar-refractivity contribution in [1.29, 1.82) is 0 Å². The van der Waals surface area contributed by atoms with Gasteiger partial charge in [-0.15, -0.1) is 0 Å². The Balaban J connectivity index is 2.69. The molecule has 0 N–H and O–H groups in total. The van der Waals surface area contributed by atoms with Gasteiger partial charge < -0.3 is 0 Å². The van der Waals surface area contributed by atoms with Gasteiger partial charge in [0.15, 0.2) is 5.82 Å². The molecule has 0 aromatic carbocycles. The number of nitrogens with zero attached hydrogens (tertiary/aromatic N) is 5. The fraction of sp³-hybridized carbons (Fsp3) is 0.417. The maximum Gasteiger partial charge on any atom is 0.329 e. The van der Waals surface area contributed by atoms with Crippen LogP contribution in [0.1, 0.15) is 37.0 Å². The van der Waals surface area contributed by atoms with Crippen molar-refractivity contribution >= 4 is 17.3 Å². The summed E-state index contributed by atoms with van der Waals surface area (Å²) in [6, 6.07) is 1.68. The minimum absolute atomic E-state index is 0.0452. The van der Waals surface area contributed by atoms with E-state index < -0.39 is 4.92 Å². The Labute approximate surface area is 120 Å². The monoisotopic (exact) mass is 295 g/mol. The molecule has 106 valence electrons. The quantitative estimate of drug-likeness (QED) is 0.641. The summed E-state index contributed by atoms with van der Waals surface area (Å²) in [4.78, 5) is 19.0. The summed E-state index contributed by atoms with van der Waals surface area (Å²) < 4.78 is 1.29. The zero-order valence-corrected chi connectivity index (χ0v) is 12.3. The van der Waals surface area contributed by atoms with Crippen molar-refractivity contribution in [3.8, 4) is 5.82 Å². The third-order valence-corrected chi connectivity index (χ3v) is 3.07. The van der Waals surface area contributed by atoms with Gasteiger partial charge in [-0.25, -0.2) is 9.97 Å². The summed E-state index contributed by atoms with van der Waals surface area (Å²) in [5, 5.41) is 15.4. The molecule has 0 unspecified atom stereocenters. The zero-order valence-electron chi connectivity index (χ0n) is 11.6. The molecule has 20 heavy (non-hydrogen) atoms. The fourth-order valence-electron chi connectivity index (χ4n) is 1.92. The minimum Gasteiger partial charge on any atom is -0.258 e. The predicted molar refractivity (Wildman–Crippen MR) is 74.4 cm³/mol. The van der Waals surface area contributed by atoms with Crippen molar-refractivity contribution in [3.05, 3.63) is 38.5 Å². The van der Waals surface area contributed by atoms with E-state index in [1.165, 1.54) is 4.68 Å². The standard InChI is InChI=1S/C12H14ClN5O2/c1-6(2)10-11(18(19)20)12(13)17(16-10)9-5-7(3)14-8(4)15-9/h5-6H,1-4H3. The van der Waals surface area contributed by atoms with Crippen LogP contribution in [0.2, 0.25) is 5.15 Å². The summed E-state index contributed by atoms with van der Waals surface area (Å²) in [5.41, 5.74) is 0.914. The van der Waals surface area contributed by atoms with Crippen LogP contribution in [0.25, 0.3) is 5.82 Å². The van der Waals surface area contributed by atoms with Gasteiger partial charge in [0.05, 0.1) is 4.92 Å². The van der Waals surface area contributed by atoms with Crippen molar-refractivity contribution in [2.24, 2.45) is 0 Å². The molecule has 0 bridgehead atoms. The van der Waals surface area contributed by atoms with E-state index in [-0.39, 0.29) is 16.8 Å². The molecule has 0 amide bonds. The van der Waals surface area contributed by atoms with Gasteiger partial charge in [-0.05, 0) is 13.8 Å². The largest absolute Gasteiger partial charge is 0.329 e. The first-order chi connectivity index (χ1) is 9.31. The topological polar surface area (TPSA) is 86.7 Å². The molecule has 8 heteroatoms. The highest BCUT2D eigenvalue weighted by atomic mass is 35.5. The van der Waals surface area contributed by atoms with Crippen molar-refractivity contribution in [2.45, 2.75) is 33.6 Å². The Morgan fingerprint density at radius 2 is 2.00 bits per heavy atom. The van der Waals surface area contributed by atoms with E-state index in [4.69, 9.17) is 11.6 Å². The van der Waals surface area contributed by atoms with Crippen LogP contribution in [0.5, 0.6) is 0 Å². The molecular formula is C12H14ClN5O2. The minimum atomic E-state index is -0.512. The number of rotatable bonds is 3. The predicted octanol–water partition coefficient (Wildman–Crippen LogP) is 2.96. The van der Waals surface area contributed by atoms with Crippen LogP contribution >= 0.6 is 11.6 Å². The van der Waals surface area contributed by atoms with E-state index in [0.717, 1.165) is 5.69 Å². The molecule has 2 aromatic heterocycles. The smallest absolute Gasteiger partial charge is 0.258 e. The van der Waals surface area contributed by atoms with Crippen molar-refractivity contribution in [2.75, 3.05) is 0 Å². The van der Waals surface area contributed by atoms with E-state index in [0.29, 0.717) is 17.3 Å². The van der Waals surface area contributed by atoms with Crippen LogP contribution in [0.4, 0.5) is 5.69 Å². The maximum atomic E-state index is 11.2. The molecule has 0 aliphatic rings. The number of aromatic nitrogens is 4. The molecule has 0 radical (unpaired) electrons. The molecule has 0 aliphatic heterocycles. The molecule has 0 aliphatic carbocycles. The van der Waals surface area contributed by atoms with Gasteiger partial charge in [0.25, 0.3) is 0 Å². The fourth-order valence-corrected chi connectivity index (χ4v) is 2.21. The number of hydrogen-bond donors (Lipinski definition) is 0. The van der Waals surface area contributed by atoms with Crippen LogP contribution in [0.15, 0.2) is 6.07 Å². The van der Waals surface area contributed by atoms with E-state index in [1.54, 1.807) is 13.0 Å². The second-order valence-electron chi connectivity index (χ2n) is 4.76. The second kappa shape index (κ2) is 5.16. The van der Waals surface area contributed by atoms with Gasteiger partial charge >= 0.3 is 5.69 Å². The lowest BCUT2D eigenvalue weighted by molar-refractivity contribution is -0.385. The zero-order chi connectivity index (χ0) is 15.0. The Kier molecular flexibility index (Phi) is 3.71. The Morgan fingerprint density at radius 1 is 1.35 bits per heavy atom. The first-order valence-corrected chi connectivity index (χ1v) is 6.44. The van der Waals surface area contributed by atoms with Crippen LogP contribution in [0.3, 0.4) is 0 Å². The molecular weight excluding hydrogens is 282 g/mol. The van der Waals surface area contributed by atoms with E-state index in [9.17, 15) is 10.1 Å². The molecule has 0 spiro atoms. The molecule has 0 atom stereocenters. The molecule has 0 saturated heterocycles. The molecule has 7 nitrogen and oxygen atoms in total. The number of hydrogen-bond acceptors (Lipinski definition) is 5. The van der Waals surface area contributed by atoms with Crippen molar-refractivity contribution in [1.82, 2.24) is 19.7 Å². The van der Waals surface area contributed by atoms with Gasteiger partial charge in [-0.3, -0.25) is 10.1 Å². The average Bonchev–Trinajstić information content (AvgIpc) is 2.65. The Bertz CT molecular complexity index is 660. The van der Waals surface area contributed by atoms with Crippen LogP contribution in [-0.2, 0) is 0 Å². The van der Waals surface area contributed by atoms with E-state index >= 15 is 0 Å².